The van der Waals surface area contributed by atoms with Crippen molar-refractivity contribution in [3.63, 3.8) is 0 Å². The maximum absolute atomic E-state index is 14.5. The molecule has 30 heteroatoms. The van der Waals surface area contributed by atoms with Crippen molar-refractivity contribution in [2.45, 2.75) is 285 Å². The second kappa shape index (κ2) is 49.2. The number of nitrogens with one attached hydrogen (secondary N) is 7. The molecule has 0 fully saturated rings. The van der Waals surface area contributed by atoms with Crippen molar-refractivity contribution in [2.24, 2.45) is 29.4 Å². The average Bonchev–Trinajstić information content (AvgIpc) is 0.819. The van der Waals surface area contributed by atoms with Gasteiger partial charge in [0.1, 0.15) is 49.0 Å². The first kappa shape index (κ1) is 102. The third-order valence-electron chi connectivity index (χ3n) is 17.0. The van der Waals surface area contributed by atoms with Crippen LogP contribution in [0.4, 0.5) is 14.4 Å². The van der Waals surface area contributed by atoms with E-state index in [9.17, 15) is 52.7 Å². The molecule has 0 bridgehead atoms. The molecule has 4 aromatic rings. The lowest BCUT2D eigenvalue weighted by atomic mass is 9.98. The second-order valence-corrected chi connectivity index (χ2v) is 47.5. The summed E-state index contributed by atoms with van der Waals surface area (Å²) < 4.78 is 51.3. The molecular weight excluding hydrogens is 1530 g/mol. The van der Waals surface area contributed by atoms with Crippen molar-refractivity contribution in [1.29, 1.82) is 0 Å². The van der Waals surface area contributed by atoms with Gasteiger partial charge in [-0.3, -0.25) is 24.0 Å². The van der Waals surface area contributed by atoms with Gasteiger partial charge >= 0.3 is 42.2 Å². The fourth-order valence-electron chi connectivity index (χ4n) is 11.0. The molecule has 9 N–H and O–H groups in total. The van der Waals surface area contributed by atoms with Crippen molar-refractivity contribution in [2.75, 3.05) is 26.4 Å². The molecule has 0 aliphatic carbocycles. The summed E-state index contributed by atoms with van der Waals surface area (Å²) in [5.41, 5.74) is 6.29. The molecule has 4 aromatic carbocycles. The Balaban J connectivity index is 0.000000609. The summed E-state index contributed by atoms with van der Waals surface area (Å²) in [6.45, 7) is 43.4. The minimum Gasteiger partial charge on any atom is -0.464 e. The first-order valence-corrected chi connectivity index (χ1v) is 47.8. The predicted octanol–water partition coefficient (Wildman–Crippen LogP) is 12.9. The van der Waals surface area contributed by atoms with E-state index in [1.54, 1.807) is 114 Å². The van der Waals surface area contributed by atoms with Gasteiger partial charge in [0.2, 0.25) is 23.6 Å². The van der Waals surface area contributed by atoms with Crippen LogP contribution in [0.3, 0.4) is 0 Å². The lowest BCUT2D eigenvalue weighted by Crippen LogP contribution is -2.58. The molecule has 0 radical (unpaired) electrons. The number of benzene rings is 4. The molecular formula is C87H136N8O20Si2. The third kappa shape index (κ3) is 43.7. The Bertz CT molecular complexity index is 3730. The van der Waals surface area contributed by atoms with Gasteiger partial charge in [0.05, 0.1) is 37.6 Å². The number of rotatable bonds is 43. The van der Waals surface area contributed by atoms with Gasteiger partial charge in [-0.25, -0.2) is 28.8 Å². The van der Waals surface area contributed by atoms with Crippen LogP contribution in [-0.4, -0.2) is 173 Å². The van der Waals surface area contributed by atoms with Gasteiger partial charge < -0.3 is 85.6 Å². The molecule has 10 atom stereocenters. The van der Waals surface area contributed by atoms with E-state index in [0.717, 1.165) is 11.1 Å². The van der Waals surface area contributed by atoms with Gasteiger partial charge in [-0.2, -0.15) is 0 Å². The zero-order valence-electron chi connectivity index (χ0n) is 73.4. The summed E-state index contributed by atoms with van der Waals surface area (Å²) in [6, 6.07) is 26.2. The minimum atomic E-state index is -1.70. The Morgan fingerprint density at radius 3 is 0.966 bits per heavy atom. The van der Waals surface area contributed by atoms with Crippen LogP contribution >= 0.6 is 0 Å². The van der Waals surface area contributed by atoms with Crippen molar-refractivity contribution < 1.29 is 95.4 Å². The van der Waals surface area contributed by atoms with Gasteiger partial charge in [-0.05, 0) is 146 Å². The van der Waals surface area contributed by atoms with Crippen LogP contribution in [0.1, 0.15) is 178 Å². The lowest BCUT2D eigenvalue weighted by Gasteiger charge is -2.31. The zero-order valence-corrected chi connectivity index (χ0v) is 75.4. The number of carbonyl (C=O) groups excluding carboxylic acids is 11. The van der Waals surface area contributed by atoms with Gasteiger partial charge in [0, 0.05) is 16.1 Å². The van der Waals surface area contributed by atoms with Gasteiger partial charge in [0.25, 0.3) is 0 Å². The SMILES string of the molecule is CC(C)C[C@H](NC(=O)[C@@H](CC(C)C)NC(=O)OCc1ccccc1)C(=O)N[C@H](C(=O)OCC[Si](C)(C)C)[C@H](OC(=O)[C@@H](N)COC(C)(C)C)c1ccccc1.CC(C)C[C@H](NC(=O)[C@@H](CC(C)C)NC(=O)OCc1ccccc1)C(=O)N[C@H](C(=O)OCC[Si](C)(C)C)[C@H](OC(=O)[C@H](COC(C)(C)C)NC(=O)OC(C)(C)C)c1ccccc1. The highest BCUT2D eigenvalue weighted by molar-refractivity contribution is 6.76. The highest BCUT2D eigenvalue weighted by atomic mass is 28.3. The molecule has 28 nitrogen and oxygen atoms in total. The van der Waals surface area contributed by atoms with E-state index >= 15 is 0 Å². The van der Waals surface area contributed by atoms with Gasteiger partial charge in [-0.1, -0.05) is 216 Å². The van der Waals surface area contributed by atoms with Crippen LogP contribution in [0.5, 0.6) is 0 Å². The maximum atomic E-state index is 14.5. The van der Waals surface area contributed by atoms with Crippen LogP contribution in [0.2, 0.25) is 51.4 Å². The molecule has 0 heterocycles. The summed E-state index contributed by atoms with van der Waals surface area (Å²) in [5.74, 6) is -6.44. The fourth-order valence-corrected chi connectivity index (χ4v) is 12.4. The first-order chi connectivity index (χ1) is 54.4. The molecule has 117 heavy (non-hydrogen) atoms. The molecule has 0 saturated heterocycles. The van der Waals surface area contributed by atoms with Gasteiger partial charge in [0.15, 0.2) is 30.3 Å². The molecule has 0 aromatic heterocycles. The van der Waals surface area contributed by atoms with E-state index in [1.165, 1.54) is 0 Å². The zero-order chi connectivity index (χ0) is 88.2. The highest BCUT2D eigenvalue weighted by Crippen LogP contribution is 2.28. The molecule has 0 spiro atoms. The van der Waals surface area contributed by atoms with Crippen molar-refractivity contribution in [1.82, 2.24) is 37.2 Å². The van der Waals surface area contributed by atoms with Crippen LogP contribution < -0.4 is 43.0 Å². The molecule has 0 aliphatic heterocycles. The molecule has 0 saturated carbocycles. The van der Waals surface area contributed by atoms with Crippen LogP contribution in [0.15, 0.2) is 121 Å². The van der Waals surface area contributed by atoms with E-state index in [0.29, 0.717) is 23.2 Å². The number of ether oxygens (including phenoxy) is 9. The van der Waals surface area contributed by atoms with Crippen LogP contribution in [0, 0.1) is 23.7 Å². The van der Waals surface area contributed by atoms with E-state index in [2.05, 4.69) is 76.5 Å². The quantitative estimate of drug-likeness (QED) is 0.0116. The molecule has 7 amide bonds. The largest absolute Gasteiger partial charge is 0.464 e. The minimum absolute atomic E-state index is 0.000607. The first-order valence-electron chi connectivity index (χ1n) is 40.4. The van der Waals surface area contributed by atoms with Crippen LogP contribution in [0.25, 0.3) is 0 Å². The van der Waals surface area contributed by atoms with Crippen molar-refractivity contribution >= 4 is 81.9 Å². The Labute approximate surface area is 695 Å². The molecule has 652 valence electrons. The topological polar surface area (TPSA) is 381 Å². The third-order valence-corrected chi connectivity index (χ3v) is 20.4. The summed E-state index contributed by atoms with van der Waals surface area (Å²) >= 11 is 0. The number of carbonyl (C=O) groups is 11. The molecule has 4 rings (SSSR count). The Kier molecular flexibility index (Phi) is 42.9. The van der Waals surface area contributed by atoms with E-state index in [-0.39, 0.29) is 89.0 Å². The van der Waals surface area contributed by atoms with Gasteiger partial charge in [-0.15, -0.1) is 0 Å². The van der Waals surface area contributed by atoms with Crippen LogP contribution in [-0.2, 0) is 94.2 Å². The predicted molar refractivity (Wildman–Crippen MR) is 454 cm³/mol. The second-order valence-electron chi connectivity index (χ2n) is 36.3. The number of amides is 7. The Hall–Kier alpha value is -9.24. The smallest absolute Gasteiger partial charge is 0.408 e. The summed E-state index contributed by atoms with van der Waals surface area (Å²) in [6.07, 6.45) is -4.48. The molecule has 0 aliphatic rings. The van der Waals surface area contributed by atoms with Crippen molar-refractivity contribution in [3.8, 4) is 0 Å². The standard InChI is InChI=1S/C46H72N4O11Si.C41H64N4O9Si/c1-30(2)26-34(47-39(51)35(27-31(3)4)48-43(55)58-28-32-20-16-14-17-21-32)40(52)50-37(42(54)57-24-25-62(11,12)13)38(33-22-18-15-19-23-33)60-41(53)36(29-59-45(5,6)7)49-44(56)61-46(8,9)10;1-27(2)23-32(43-36(46)33(24-28(3)4)44-40(50)52-25-29-17-13-11-14-18-29)37(47)45-34(39(49)51-21-22-55(8,9)10)35(30-19-15-12-16-20-30)54-38(48)31(42)26-53-41(5,6)7/h14-23,30-31,34-38H,24-29H2,1-13H3,(H,47,51)(H,48,55)(H,49,56)(H,50,52);11-20,27-28,31-35H,21-26,42H2,1-10H3,(H,43,46)(H,44,50)(H,45,47)/t34-,35+,36-,37-,38+;31-,32-,33+,34-,35+/m00/s1. The summed E-state index contributed by atoms with van der Waals surface area (Å²) in [5, 5.41) is 18.9. The van der Waals surface area contributed by atoms with E-state index in [1.807, 2.05) is 125 Å². The Morgan fingerprint density at radius 2 is 0.650 bits per heavy atom. The number of hydrogen-bond acceptors (Lipinski definition) is 21. The number of alkyl carbamates (subject to hydrolysis) is 3. The monoisotopic (exact) mass is 1670 g/mol. The van der Waals surface area contributed by atoms with Crippen molar-refractivity contribution in [3.05, 3.63) is 144 Å². The van der Waals surface area contributed by atoms with E-state index in [4.69, 9.17) is 48.4 Å². The lowest BCUT2D eigenvalue weighted by molar-refractivity contribution is -0.165. The average molecular weight is 1670 g/mol. The summed E-state index contributed by atoms with van der Waals surface area (Å²) in [7, 11) is -3.32. The summed E-state index contributed by atoms with van der Waals surface area (Å²) in [4.78, 5) is 151. The fraction of sp³-hybridized carbons (Fsp3) is 0.598. The van der Waals surface area contributed by atoms with E-state index < -0.39 is 159 Å². The highest BCUT2D eigenvalue weighted by Gasteiger charge is 2.43. The number of hydrogen-bond donors (Lipinski definition) is 8. The maximum Gasteiger partial charge on any atom is 0.408 e. The number of nitrogens with two attached hydrogens (primary N) is 1. The number of esters is 4. The normalized spacial score (nSPS) is 14.5. The Morgan fingerprint density at radius 1 is 0.350 bits per heavy atom. The molecule has 0 unspecified atom stereocenters.